The van der Waals surface area contributed by atoms with Gasteiger partial charge in [0.1, 0.15) is 5.54 Å². The van der Waals surface area contributed by atoms with Gasteiger partial charge in [0, 0.05) is 6.61 Å². The van der Waals surface area contributed by atoms with E-state index in [9.17, 15) is 9.59 Å². The van der Waals surface area contributed by atoms with Crippen LogP contribution in [0.3, 0.4) is 0 Å². The Labute approximate surface area is 96.1 Å². The first kappa shape index (κ1) is 13.0. The highest BCUT2D eigenvalue weighted by Crippen LogP contribution is 2.22. The fourth-order valence-corrected chi connectivity index (χ4v) is 1.92. The second-order valence-corrected chi connectivity index (χ2v) is 4.17. The molecule has 1 N–H and O–H groups in total. The molecule has 92 valence electrons. The van der Waals surface area contributed by atoms with E-state index in [1.165, 1.54) is 4.90 Å². The normalized spacial score (nSPS) is 25.1. The smallest absolute Gasteiger partial charge is 0.325 e. The second-order valence-electron chi connectivity index (χ2n) is 4.17. The van der Waals surface area contributed by atoms with Gasteiger partial charge in [-0.3, -0.25) is 9.69 Å². The fourth-order valence-electron chi connectivity index (χ4n) is 1.92. The van der Waals surface area contributed by atoms with Gasteiger partial charge in [0.15, 0.2) is 0 Å². The number of carbonyl (C=O) groups is 2. The number of imide groups is 1. The van der Waals surface area contributed by atoms with E-state index >= 15 is 0 Å². The van der Waals surface area contributed by atoms with Crippen LogP contribution < -0.4 is 5.32 Å². The SMILES string of the molecule is CCC[C@]1(C)NC(=O)N(CCOCC)C1=O. The van der Waals surface area contributed by atoms with E-state index in [1.807, 2.05) is 13.8 Å². The minimum absolute atomic E-state index is 0.140. The number of hydrogen-bond acceptors (Lipinski definition) is 3. The molecule has 0 aromatic carbocycles. The van der Waals surface area contributed by atoms with E-state index in [1.54, 1.807) is 6.92 Å². The van der Waals surface area contributed by atoms with Crippen LogP contribution in [0.5, 0.6) is 0 Å². The molecule has 0 radical (unpaired) electrons. The molecule has 1 aliphatic rings. The Bertz CT molecular complexity index is 280. The van der Waals surface area contributed by atoms with Crippen LogP contribution >= 0.6 is 0 Å². The summed E-state index contributed by atoms with van der Waals surface area (Å²) in [6.45, 7) is 6.98. The van der Waals surface area contributed by atoms with Crippen LogP contribution in [-0.2, 0) is 9.53 Å². The molecule has 5 heteroatoms. The zero-order chi connectivity index (χ0) is 12.2. The number of nitrogens with one attached hydrogen (secondary N) is 1. The average Bonchev–Trinajstić information content (AvgIpc) is 2.42. The van der Waals surface area contributed by atoms with Gasteiger partial charge >= 0.3 is 6.03 Å². The lowest BCUT2D eigenvalue weighted by molar-refractivity contribution is -0.131. The summed E-state index contributed by atoms with van der Waals surface area (Å²) >= 11 is 0. The molecule has 0 spiro atoms. The highest BCUT2D eigenvalue weighted by Gasteiger charge is 2.46. The van der Waals surface area contributed by atoms with Gasteiger partial charge in [-0.05, 0) is 20.3 Å². The zero-order valence-electron chi connectivity index (χ0n) is 10.2. The third-order valence-corrected chi connectivity index (χ3v) is 2.76. The Morgan fingerprint density at radius 1 is 1.38 bits per heavy atom. The first-order valence-electron chi connectivity index (χ1n) is 5.77. The Balaban J connectivity index is 2.60. The van der Waals surface area contributed by atoms with E-state index in [-0.39, 0.29) is 11.9 Å². The van der Waals surface area contributed by atoms with Gasteiger partial charge in [0.05, 0.1) is 13.2 Å². The van der Waals surface area contributed by atoms with E-state index in [0.717, 1.165) is 6.42 Å². The van der Waals surface area contributed by atoms with Crippen molar-refractivity contribution in [2.45, 2.75) is 39.2 Å². The van der Waals surface area contributed by atoms with Crippen LogP contribution in [-0.4, -0.2) is 42.1 Å². The maximum atomic E-state index is 12.0. The average molecular weight is 228 g/mol. The van der Waals surface area contributed by atoms with Gasteiger partial charge < -0.3 is 10.1 Å². The first-order chi connectivity index (χ1) is 7.55. The summed E-state index contributed by atoms with van der Waals surface area (Å²) in [6.07, 6.45) is 1.53. The van der Waals surface area contributed by atoms with E-state index in [4.69, 9.17) is 4.74 Å². The summed E-state index contributed by atoms with van der Waals surface area (Å²) in [4.78, 5) is 24.9. The molecular weight excluding hydrogens is 208 g/mol. The maximum absolute atomic E-state index is 12.0. The lowest BCUT2D eigenvalue weighted by atomic mass is 9.96. The van der Waals surface area contributed by atoms with Crippen molar-refractivity contribution in [2.75, 3.05) is 19.8 Å². The van der Waals surface area contributed by atoms with Crippen LogP contribution in [0.15, 0.2) is 0 Å². The van der Waals surface area contributed by atoms with Crippen LogP contribution in [0.2, 0.25) is 0 Å². The van der Waals surface area contributed by atoms with Gasteiger partial charge in [0.2, 0.25) is 0 Å². The van der Waals surface area contributed by atoms with Crippen molar-refractivity contribution in [3.63, 3.8) is 0 Å². The largest absolute Gasteiger partial charge is 0.380 e. The predicted molar refractivity (Wildman–Crippen MR) is 60.1 cm³/mol. The van der Waals surface area contributed by atoms with Crippen molar-refractivity contribution in [1.82, 2.24) is 10.2 Å². The van der Waals surface area contributed by atoms with Crippen molar-refractivity contribution in [2.24, 2.45) is 0 Å². The molecule has 0 aromatic heterocycles. The number of urea groups is 1. The zero-order valence-corrected chi connectivity index (χ0v) is 10.2. The second kappa shape index (κ2) is 5.30. The summed E-state index contributed by atoms with van der Waals surface area (Å²) in [6, 6.07) is -0.305. The van der Waals surface area contributed by atoms with Crippen LogP contribution in [0.4, 0.5) is 4.79 Å². The Morgan fingerprint density at radius 3 is 2.62 bits per heavy atom. The third-order valence-electron chi connectivity index (χ3n) is 2.76. The summed E-state index contributed by atoms with van der Waals surface area (Å²) in [5, 5.41) is 2.74. The molecule has 5 nitrogen and oxygen atoms in total. The summed E-state index contributed by atoms with van der Waals surface area (Å²) in [7, 11) is 0. The molecule has 16 heavy (non-hydrogen) atoms. The number of carbonyl (C=O) groups excluding carboxylic acids is 2. The summed E-state index contributed by atoms with van der Waals surface area (Å²) < 4.78 is 5.15. The van der Waals surface area contributed by atoms with Gasteiger partial charge in [-0.25, -0.2) is 4.79 Å². The molecule has 0 bridgehead atoms. The first-order valence-corrected chi connectivity index (χ1v) is 5.77. The standard InChI is InChI=1S/C11H20N2O3/c1-4-6-11(3)9(14)13(10(15)12-11)7-8-16-5-2/h4-8H2,1-3H3,(H,12,15)/t11-/m0/s1. The predicted octanol–water partition coefficient (Wildman–Crippen LogP) is 1.13. The van der Waals surface area contributed by atoms with Crippen molar-refractivity contribution in [3.8, 4) is 0 Å². The molecular formula is C11H20N2O3. The van der Waals surface area contributed by atoms with Gasteiger partial charge in [0.25, 0.3) is 5.91 Å². The molecule has 1 aliphatic heterocycles. The molecule has 1 rings (SSSR count). The number of ether oxygens (including phenoxy) is 1. The van der Waals surface area contributed by atoms with Gasteiger partial charge in [-0.1, -0.05) is 13.3 Å². The van der Waals surface area contributed by atoms with E-state index in [0.29, 0.717) is 26.2 Å². The van der Waals surface area contributed by atoms with Crippen LogP contribution in [0.25, 0.3) is 0 Å². The van der Waals surface area contributed by atoms with Gasteiger partial charge in [-0.15, -0.1) is 0 Å². The highest BCUT2D eigenvalue weighted by atomic mass is 16.5. The van der Waals surface area contributed by atoms with Crippen LogP contribution in [0.1, 0.15) is 33.6 Å². The quantitative estimate of drug-likeness (QED) is 0.547. The third kappa shape index (κ3) is 2.52. The Hall–Kier alpha value is -1.10. The van der Waals surface area contributed by atoms with Crippen LogP contribution in [0, 0.1) is 0 Å². The Morgan fingerprint density at radius 2 is 2.06 bits per heavy atom. The minimum atomic E-state index is -0.724. The fraction of sp³-hybridized carbons (Fsp3) is 0.818. The van der Waals surface area contributed by atoms with E-state index < -0.39 is 5.54 Å². The molecule has 0 aromatic rings. The highest BCUT2D eigenvalue weighted by molar-refractivity contribution is 6.06. The molecule has 1 fully saturated rings. The molecule has 0 unspecified atom stereocenters. The lowest BCUT2D eigenvalue weighted by Crippen LogP contribution is -2.43. The molecule has 1 saturated heterocycles. The van der Waals surface area contributed by atoms with Crippen molar-refractivity contribution in [1.29, 1.82) is 0 Å². The molecule has 0 aliphatic carbocycles. The molecule has 1 heterocycles. The summed E-state index contributed by atoms with van der Waals surface area (Å²) in [5.74, 6) is -0.140. The minimum Gasteiger partial charge on any atom is -0.380 e. The van der Waals surface area contributed by atoms with Crippen molar-refractivity contribution in [3.05, 3.63) is 0 Å². The van der Waals surface area contributed by atoms with Gasteiger partial charge in [-0.2, -0.15) is 0 Å². The molecule has 1 atom stereocenters. The topological polar surface area (TPSA) is 58.6 Å². The number of rotatable bonds is 6. The molecule has 3 amide bonds. The molecule has 0 saturated carbocycles. The van der Waals surface area contributed by atoms with Crippen molar-refractivity contribution < 1.29 is 14.3 Å². The monoisotopic (exact) mass is 228 g/mol. The maximum Gasteiger partial charge on any atom is 0.325 e. The summed E-state index contributed by atoms with van der Waals surface area (Å²) in [5.41, 5.74) is -0.724. The van der Waals surface area contributed by atoms with Crippen molar-refractivity contribution >= 4 is 11.9 Å². The number of nitrogens with zero attached hydrogens (tertiary/aromatic N) is 1. The van der Waals surface area contributed by atoms with E-state index in [2.05, 4.69) is 5.32 Å². The number of hydrogen-bond donors (Lipinski definition) is 1. The number of amides is 3. The lowest BCUT2D eigenvalue weighted by Gasteiger charge is -2.20. The Kier molecular flexibility index (Phi) is 4.29.